The lowest BCUT2D eigenvalue weighted by Gasteiger charge is -2.08. The Morgan fingerprint density at radius 2 is 2.25 bits per heavy atom. The summed E-state index contributed by atoms with van der Waals surface area (Å²) in [5.74, 6) is 0.718. The summed E-state index contributed by atoms with van der Waals surface area (Å²) in [4.78, 5) is 0. The largest absolute Gasteiger partial charge is 0.317 e. The quantitative estimate of drug-likeness (QED) is 0.404. The van der Waals surface area contributed by atoms with Gasteiger partial charge in [0.25, 0.3) is 0 Å². The van der Waals surface area contributed by atoms with Crippen molar-refractivity contribution in [2.75, 3.05) is 6.54 Å². The third-order valence-corrected chi connectivity index (χ3v) is 1.40. The Morgan fingerprint density at radius 1 is 1.75 bits per heavy atom. The lowest BCUT2D eigenvalue weighted by molar-refractivity contribution is 0.553. The van der Waals surface area contributed by atoms with Gasteiger partial charge < -0.3 is 5.32 Å². The van der Waals surface area contributed by atoms with Crippen molar-refractivity contribution >= 4 is 7.85 Å². The monoisotopic (exact) mass is 109 g/mol. The predicted octanol–water partition coefficient (Wildman–Crippen LogP) is 0.500. The molecule has 0 aromatic carbocycles. The van der Waals surface area contributed by atoms with E-state index in [9.17, 15) is 0 Å². The molecule has 1 atom stereocenters. The molecule has 1 aliphatic rings. The maximum Gasteiger partial charge on any atom is 0.0971 e. The van der Waals surface area contributed by atoms with Crippen LogP contribution in [0.4, 0.5) is 0 Å². The van der Waals surface area contributed by atoms with E-state index in [-0.39, 0.29) is 5.44 Å². The first-order chi connectivity index (χ1) is 3.62. The Morgan fingerprint density at radius 3 is 2.38 bits per heavy atom. The van der Waals surface area contributed by atoms with Crippen molar-refractivity contribution in [1.29, 1.82) is 0 Å². The van der Waals surface area contributed by atoms with Crippen LogP contribution < -0.4 is 5.32 Å². The summed E-state index contributed by atoms with van der Waals surface area (Å²) in [6, 6.07) is 0. The highest BCUT2D eigenvalue weighted by molar-refractivity contribution is 6.17. The molecular weight excluding hydrogens is 96.9 g/mol. The van der Waals surface area contributed by atoms with Gasteiger partial charge in [-0.25, -0.2) is 0 Å². The van der Waals surface area contributed by atoms with Crippen LogP contribution in [0.1, 0.15) is 20.3 Å². The second-order valence-corrected chi connectivity index (χ2v) is 3.11. The van der Waals surface area contributed by atoms with E-state index in [4.69, 9.17) is 7.85 Å². The Bertz CT molecular complexity index is 86.5. The van der Waals surface area contributed by atoms with Crippen molar-refractivity contribution in [2.24, 2.45) is 5.92 Å². The highest BCUT2D eigenvalue weighted by Gasteiger charge is 2.35. The van der Waals surface area contributed by atoms with Crippen LogP contribution in [-0.4, -0.2) is 19.8 Å². The Kier molecular flexibility index (Phi) is 1.36. The van der Waals surface area contributed by atoms with E-state index in [0.29, 0.717) is 0 Å². The third kappa shape index (κ3) is 1.51. The van der Waals surface area contributed by atoms with Crippen LogP contribution in [-0.2, 0) is 0 Å². The normalized spacial score (nSPS) is 35.9. The maximum atomic E-state index is 5.74. The molecule has 0 spiro atoms. The van der Waals surface area contributed by atoms with Gasteiger partial charge in [-0.05, 0) is 17.8 Å². The van der Waals surface area contributed by atoms with Crippen LogP contribution in [0.15, 0.2) is 0 Å². The molecule has 0 aliphatic carbocycles. The summed E-state index contributed by atoms with van der Waals surface area (Å²) >= 11 is 0. The summed E-state index contributed by atoms with van der Waals surface area (Å²) in [7, 11) is 5.74. The van der Waals surface area contributed by atoms with Gasteiger partial charge in [0.1, 0.15) is 0 Å². The molecule has 1 unspecified atom stereocenters. The Hall–Kier alpha value is 0.0249. The summed E-state index contributed by atoms with van der Waals surface area (Å²) in [5.41, 5.74) is 0.0220. The predicted molar refractivity (Wildman–Crippen MR) is 35.9 cm³/mol. The fourth-order valence-electron chi connectivity index (χ4n) is 0.986. The summed E-state index contributed by atoms with van der Waals surface area (Å²) in [6.45, 7) is 5.38. The fraction of sp³-hybridized carbons (Fsp3) is 1.00. The topological polar surface area (TPSA) is 21.9 Å². The number of nitrogens with one attached hydrogen (secondary N) is 1. The summed E-state index contributed by atoms with van der Waals surface area (Å²) < 4.78 is 0. The van der Waals surface area contributed by atoms with E-state index in [1.54, 1.807) is 0 Å². The molecule has 0 aromatic rings. The van der Waals surface area contributed by atoms with Gasteiger partial charge in [-0.1, -0.05) is 13.8 Å². The number of hydrogen-bond donors (Lipinski definition) is 1. The molecule has 1 N–H and O–H groups in total. The van der Waals surface area contributed by atoms with Gasteiger partial charge in [0.05, 0.1) is 7.85 Å². The highest BCUT2D eigenvalue weighted by Crippen LogP contribution is 2.21. The minimum absolute atomic E-state index is 0.0220. The zero-order valence-corrected chi connectivity index (χ0v) is 5.57. The second kappa shape index (κ2) is 1.76. The van der Waals surface area contributed by atoms with Gasteiger partial charge in [-0.3, -0.25) is 0 Å². The van der Waals surface area contributed by atoms with Gasteiger partial charge in [0.15, 0.2) is 0 Å². The summed E-state index contributed by atoms with van der Waals surface area (Å²) in [5, 5.41) is 3.12. The average molecular weight is 109 g/mol. The number of rotatable bonds is 2. The molecule has 1 fully saturated rings. The van der Waals surface area contributed by atoms with Crippen LogP contribution in [0.5, 0.6) is 0 Å². The van der Waals surface area contributed by atoms with Crippen molar-refractivity contribution in [1.82, 2.24) is 5.32 Å². The average Bonchev–Trinajstić information content (AvgIpc) is 2.17. The van der Waals surface area contributed by atoms with E-state index in [2.05, 4.69) is 19.2 Å². The van der Waals surface area contributed by atoms with Crippen LogP contribution >= 0.6 is 0 Å². The van der Waals surface area contributed by atoms with E-state index in [1.165, 1.54) is 0 Å². The van der Waals surface area contributed by atoms with Gasteiger partial charge in [-0.15, -0.1) is 0 Å². The minimum Gasteiger partial charge on any atom is -0.317 e. The molecule has 8 heavy (non-hydrogen) atoms. The van der Waals surface area contributed by atoms with Gasteiger partial charge >= 0.3 is 0 Å². The van der Waals surface area contributed by atoms with Gasteiger partial charge in [0, 0.05) is 6.54 Å². The molecule has 0 aromatic heterocycles. The zero-order valence-electron chi connectivity index (χ0n) is 5.57. The minimum atomic E-state index is 0.0220. The van der Waals surface area contributed by atoms with Gasteiger partial charge in [-0.2, -0.15) is 0 Å². The molecule has 1 saturated heterocycles. The molecule has 0 saturated carbocycles. The smallest absolute Gasteiger partial charge is 0.0971 e. The van der Waals surface area contributed by atoms with Crippen LogP contribution in [0, 0.1) is 5.92 Å². The van der Waals surface area contributed by atoms with E-state index >= 15 is 0 Å². The molecule has 0 bridgehead atoms. The summed E-state index contributed by atoms with van der Waals surface area (Å²) in [6.07, 6.45) is 1.10. The van der Waals surface area contributed by atoms with Crippen molar-refractivity contribution < 1.29 is 0 Å². The van der Waals surface area contributed by atoms with E-state index in [1.807, 2.05) is 0 Å². The molecule has 2 heteroatoms. The SMILES string of the molecule is [B]C1(CC(C)C)CN1. The van der Waals surface area contributed by atoms with Crippen molar-refractivity contribution in [3.05, 3.63) is 0 Å². The van der Waals surface area contributed by atoms with E-state index in [0.717, 1.165) is 18.9 Å². The zero-order chi connectivity index (χ0) is 6.20. The highest BCUT2D eigenvalue weighted by atomic mass is 15.1. The first kappa shape index (κ1) is 6.15. The first-order valence-corrected chi connectivity index (χ1v) is 3.16. The molecule has 44 valence electrons. The Labute approximate surface area is 52.3 Å². The van der Waals surface area contributed by atoms with Gasteiger partial charge in [0.2, 0.25) is 0 Å². The molecule has 1 aliphatic heterocycles. The fourth-order valence-corrected chi connectivity index (χ4v) is 0.986. The third-order valence-electron chi connectivity index (χ3n) is 1.40. The first-order valence-electron chi connectivity index (χ1n) is 3.16. The molecule has 1 rings (SSSR count). The molecule has 1 nitrogen and oxygen atoms in total. The van der Waals surface area contributed by atoms with E-state index < -0.39 is 0 Å². The Balaban J connectivity index is 2.19. The maximum absolute atomic E-state index is 5.74. The number of hydrogen-bond acceptors (Lipinski definition) is 1. The molecule has 2 radical (unpaired) electrons. The molecular formula is C6H12BN. The second-order valence-electron chi connectivity index (χ2n) is 3.11. The van der Waals surface area contributed by atoms with Crippen molar-refractivity contribution in [3.63, 3.8) is 0 Å². The van der Waals surface area contributed by atoms with Crippen LogP contribution in [0.3, 0.4) is 0 Å². The standard InChI is InChI=1S/C6H12BN/c1-5(2)3-6(7)4-8-6/h5,8H,3-4H2,1-2H3. The van der Waals surface area contributed by atoms with Crippen LogP contribution in [0.2, 0.25) is 0 Å². The molecule has 1 heterocycles. The van der Waals surface area contributed by atoms with Crippen molar-refractivity contribution in [3.8, 4) is 0 Å². The molecule has 0 amide bonds. The van der Waals surface area contributed by atoms with Crippen molar-refractivity contribution in [2.45, 2.75) is 25.7 Å². The van der Waals surface area contributed by atoms with Crippen LogP contribution in [0.25, 0.3) is 0 Å². The lowest BCUT2D eigenvalue weighted by atomic mass is 9.80. The lowest BCUT2D eigenvalue weighted by Crippen LogP contribution is -2.17.